The molecule has 2 heterocycles. The van der Waals surface area contributed by atoms with Crippen LogP contribution >= 0.6 is 0 Å². The van der Waals surface area contributed by atoms with Crippen LogP contribution in [0.3, 0.4) is 0 Å². The Morgan fingerprint density at radius 3 is 2.81 bits per heavy atom. The highest BCUT2D eigenvalue weighted by atomic mass is 19.1. The molecule has 0 unspecified atom stereocenters. The molecule has 0 atom stereocenters. The van der Waals surface area contributed by atoms with Crippen molar-refractivity contribution in [3.8, 4) is 11.1 Å². The Kier molecular flexibility index (Phi) is 2.63. The summed E-state index contributed by atoms with van der Waals surface area (Å²) < 4.78 is 13.5. The summed E-state index contributed by atoms with van der Waals surface area (Å²) in [4.78, 5) is 14.6. The summed E-state index contributed by atoms with van der Waals surface area (Å²) in [5.41, 5.74) is 1.33. The van der Waals surface area contributed by atoms with Crippen LogP contribution in [0, 0.1) is 5.82 Å². The largest absolute Gasteiger partial charge is 0.308 e. The predicted molar refractivity (Wildman–Crippen MR) is 56.1 cm³/mol. The van der Waals surface area contributed by atoms with Crippen molar-refractivity contribution < 1.29 is 9.18 Å². The van der Waals surface area contributed by atoms with Gasteiger partial charge in [0.15, 0.2) is 11.6 Å². The van der Waals surface area contributed by atoms with Gasteiger partial charge in [-0.2, -0.15) is 5.10 Å². The number of aromatic nitrogens is 3. The van der Waals surface area contributed by atoms with Gasteiger partial charge in [0.05, 0.1) is 6.20 Å². The molecular weight excluding hydrogens is 211 g/mol. The first-order valence-electron chi connectivity index (χ1n) is 4.59. The topological polar surface area (TPSA) is 70.7 Å². The van der Waals surface area contributed by atoms with Crippen LogP contribution in [-0.4, -0.2) is 21.1 Å². The van der Waals surface area contributed by atoms with E-state index in [1.165, 1.54) is 19.2 Å². The van der Waals surface area contributed by atoms with E-state index in [2.05, 4.69) is 20.5 Å². The molecular formula is C10H9FN4O. The second-order valence-corrected chi connectivity index (χ2v) is 3.22. The number of hydrogen-bond donors (Lipinski definition) is 2. The standard InChI is InChI=1S/C10H9FN4O/c1-6(16)15-10-9(11)2-7(3-12-10)8-4-13-14-5-8/h2-5H,1H3,(H,13,14)(H,12,15,16). The van der Waals surface area contributed by atoms with Gasteiger partial charge in [0.2, 0.25) is 5.91 Å². The van der Waals surface area contributed by atoms with E-state index < -0.39 is 5.82 Å². The number of hydrogen-bond acceptors (Lipinski definition) is 3. The fourth-order valence-electron chi connectivity index (χ4n) is 1.26. The van der Waals surface area contributed by atoms with Crippen LogP contribution in [0.15, 0.2) is 24.7 Å². The van der Waals surface area contributed by atoms with Crippen LogP contribution in [-0.2, 0) is 4.79 Å². The van der Waals surface area contributed by atoms with Crippen LogP contribution in [0.2, 0.25) is 0 Å². The number of rotatable bonds is 2. The van der Waals surface area contributed by atoms with Gasteiger partial charge >= 0.3 is 0 Å². The fraction of sp³-hybridized carbons (Fsp3) is 0.100. The predicted octanol–water partition coefficient (Wildman–Crippen LogP) is 1.57. The van der Waals surface area contributed by atoms with Gasteiger partial charge in [-0.3, -0.25) is 9.89 Å². The normalized spacial score (nSPS) is 10.1. The summed E-state index contributed by atoms with van der Waals surface area (Å²) in [6, 6.07) is 1.29. The number of H-pyrrole nitrogens is 1. The number of carbonyl (C=O) groups excluding carboxylic acids is 1. The molecule has 2 aromatic heterocycles. The average molecular weight is 220 g/mol. The molecule has 0 aliphatic rings. The summed E-state index contributed by atoms with van der Waals surface area (Å²) in [6.07, 6.45) is 4.67. The van der Waals surface area contributed by atoms with Gasteiger partial charge in [-0.15, -0.1) is 0 Å². The summed E-state index contributed by atoms with van der Waals surface area (Å²) in [7, 11) is 0. The molecule has 2 aromatic rings. The van der Waals surface area contributed by atoms with Crippen molar-refractivity contribution in [3.05, 3.63) is 30.5 Å². The molecule has 16 heavy (non-hydrogen) atoms. The molecule has 0 bridgehead atoms. The van der Waals surface area contributed by atoms with Crippen LogP contribution < -0.4 is 5.32 Å². The minimum atomic E-state index is -0.575. The van der Waals surface area contributed by atoms with Gasteiger partial charge in [0, 0.05) is 30.4 Å². The minimum absolute atomic E-state index is 0.0697. The number of pyridine rings is 1. The van der Waals surface area contributed by atoms with Gasteiger partial charge < -0.3 is 5.32 Å². The lowest BCUT2D eigenvalue weighted by molar-refractivity contribution is -0.114. The van der Waals surface area contributed by atoms with E-state index in [4.69, 9.17) is 0 Å². The molecule has 1 amide bonds. The van der Waals surface area contributed by atoms with Crippen LogP contribution in [0.5, 0.6) is 0 Å². The van der Waals surface area contributed by atoms with E-state index in [1.54, 1.807) is 12.4 Å². The zero-order valence-corrected chi connectivity index (χ0v) is 8.49. The number of aromatic amines is 1. The maximum Gasteiger partial charge on any atom is 0.222 e. The van der Waals surface area contributed by atoms with E-state index in [0.29, 0.717) is 5.56 Å². The van der Waals surface area contributed by atoms with Crippen molar-refractivity contribution in [1.82, 2.24) is 15.2 Å². The Bertz CT molecular complexity index is 510. The highest BCUT2D eigenvalue weighted by molar-refractivity contribution is 5.87. The first kappa shape index (κ1) is 10.3. The van der Waals surface area contributed by atoms with Crippen molar-refractivity contribution in [2.45, 2.75) is 6.92 Å². The Balaban J connectivity index is 2.33. The third-order valence-corrected chi connectivity index (χ3v) is 1.97. The zero-order chi connectivity index (χ0) is 11.5. The number of nitrogens with zero attached hydrogens (tertiary/aromatic N) is 2. The van der Waals surface area contributed by atoms with E-state index in [1.807, 2.05) is 0 Å². The Hall–Kier alpha value is -2.24. The summed E-state index contributed by atoms with van der Waals surface area (Å²) in [5, 5.41) is 8.68. The number of amides is 1. The molecule has 2 rings (SSSR count). The molecule has 0 aliphatic carbocycles. The molecule has 0 fully saturated rings. The third-order valence-electron chi connectivity index (χ3n) is 1.97. The molecule has 82 valence electrons. The van der Waals surface area contributed by atoms with Crippen LogP contribution in [0.4, 0.5) is 10.2 Å². The maximum absolute atomic E-state index is 13.5. The molecule has 0 saturated carbocycles. The summed E-state index contributed by atoms with van der Waals surface area (Å²) >= 11 is 0. The summed E-state index contributed by atoms with van der Waals surface area (Å²) in [6.45, 7) is 1.30. The van der Waals surface area contributed by atoms with Crippen molar-refractivity contribution in [2.24, 2.45) is 0 Å². The summed E-state index contributed by atoms with van der Waals surface area (Å²) in [5.74, 6) is -1.00. The molecule has 0 saturated heterocycles. The maximum atomic E-state index is 13.5. The monoisotopic (exact) mass is 220 g/mol. The van der Waals surface area contributed by atoms with E-state index in [9.17, 15) is 9.18 Å². The van der Waals surface area contributed by atoms with Gasteiger partial charge in [-0.05, 0) is 6.07 Å². The lowest BCUT2D eigenvalue weighted by Gasteiger charge is -2.03. The van der Waals surface area contributed by atoms with Crippen molar-refractivity contribution in [2.75, 3.05) is 5.32 Å². The SMILES string of the molecule is CC(=O)Nc1ncc(-c2cn[nH]c2)cc1F. The Morgan fingerprint density at radius 1 is 1.44 bits per heavy atom. The molecule has 0 spiro atoms. The Morgan fingerprint density at radius 2 is 2.25 bits per heavy atom. The molecule has 0 aliphatic heterocycles. The lowest BCUT2D eigenvalue weighted by Crippen LogP contribution is -2.09. The minimum Gasteiger partial charge on any atom is -0.308 e. The van der Waals surface area contributed by atoms with Crippen molar-refractivity contribution >= 4 is 11.7 Å². The lowest BCUT2D eigenvalue weighted by atomic mass is 10.1. The van der Waals surface area contributed by atoms with Crippen LogP contribution in [0.1, 0.15) is 6.92 Å². The highest BCUT2D eigenvalue weighted by Gasteiger charge is 2.08. The number of anilines is 1. The van der Waals surface area contributed by atoms with Gasteiger partial charge in [-0.25, -0.2) is 9.37 Å². The first-order chi connectivity index (χ1) is 7.66. The number of carbonyl (C=O) groups is 1. The molecule has 6 heteroatoms. The molecule has 2 N–H and O–H groups in total. The highest BCUT2D eigenvalue weighted by Crippen LogP contribution is 2.20. The smallest absolute Gasteiger partial charge is 0.222 e. The second-order valence-electron chi connectivity index (χ2n) is 3.22. The first-order valence-corrected chi connectivity index (χ1v) is 4.59. The van der Waals surface area contributed by atoms with E-state index in [-0.39, 0.29) is 11.7 Å². The Labute approximate surface area is 90.7 Å². The zero-order valence-electron chi connectivity index (χ0n) is 8.49. The molecule has 0 aromatic carbocycles. The molecule has 5 nitrogen and oxygen atoms in total. The number of nitrogens with one attached hydrogen (secondary N) is 2. The van der Waals surface area contributed by atoms with Gasteiger partial charge in [-0.1, -0.05) is 0 Å². The van der Waals surface area contributed by atoms with Crippen molar-refractivity contribution in [3.63, 3.8) is 0 Å². The van der Waals surface area contributed by atoms with E-state index >= 15 is 0 Å². The molecule has 0 radical (unpaired) electrons. The van der Waals surface area contributed by atoms with Crippen molar-refractivity contribution in [1.29, 1.82) is 0 Å². The van der Waals surface area contributed by atoms with Gasteiger partial charge in [0.25, 0.3) is 0 Å². The van der Waals surface area contributed by atoms with Crippen LogP contribution in [0.25, 0.3) is 11.1 Å². The fourth-order valence-corrected chi connectivity index (χ4v) is 1.26. The second kappa shape index (κ2) is 4.09. The average Bonchev–Trinajstić information content (AvgIpc) is 2.73. The van der Waals surface area contributed by atoms with Gasteiger partial charge in [0.1, 0.15) is 0 Å². The number of halogens is 1. The van der Waals surface area contributed by atoms with E-state index in [0.717, 1.165) is 5.56 Å². The quantitative estimate of drug-likeness (QED) is 0.806. The third kappa shape index (κ3) is 2.05.